The lowest BCUT2D eigenvalue weighted by Gasteiger charge is -2.52. The lowest BCUT2D eigenvalue weighted by atomic mass is 9.76. The van der Waals surface area contributed by atoms with Crippen LogP contribution in [0.15, 0.2) is 0 Å². The quantitative estimate of drug-likeness (QED) is 0.792. The highest BCUT2D eigenvalue weighted by molar-refractivity contribution is 7.13. The van der Waals surface area contributed by atoms with Gasteiger partial charge in [-0.05, 0) is 44.9 Å². The minimum atomic E-state index is 0.137. The molecule has 3 aliphatic heterocycles. The summed E-state index contributed by atoms with van der Waals surface area (Å²) in [4.78, 5) is 34.4. The maximum absolute atomic E-state index is 12.9. The molecular weight excluding hydrogens is 310 g/mol. The molecule has 3 aliphatic rings. The predicted molar refractivity (Wildman–Crippen MR) is 88.4 cm³/mol. The van der Waals surface area contributed by atoms with Gasteiger partial charge in [-0.1, -0.05) is 0 Å². The van der Waals surface area contributed by atoms with E-state index in [0.29, 0.717) is 30.2 Å². The van der Waals surface area contributed by atoms with E-state index >= 15 is 0 Å². The third-order valence-corrected chi connectivity index (χ3v) is 6.63. The van der Waals surface area contributed by atoms with Crippen LogP contribution in [0.5, 0.6) is 0 Å². The molecular formula is C17H23N3O2S. The number of carbonyl (C=O) groups excluding carboxylic acids is 2. The first-order valence-corrected chi connectivity index (χ1v) is 9.37. The van der Waals surface area contributed by atoms with Gasteiger partial charge in [0.15, 0.2) is 0 Å². The zero-order valence-corrected chi connectivity index (χ0v) is 14.6. The van der Waals surface area contributed by atoms with Gasteiger partial charge in [0.1, 0.15) is 4.88 Å². The first-order chi connectivity index (χ1) is 11.0. The number of piperidine rings is 3. The second-order valence-corrected chi connectivity index (χ2v) is 8.43. The molecule has 3 saturated heterocycles. The summed E-state index contributed by atoms with van der Waals surface area (Å²) in [6.45, 7) is 6.28. The van der Waals surface area contributed by atoms with E-state index in [9.17, 15) is 9.59 Å². The van der Waals surface area contributed by atoms with Crippen molar-refractivity contribution >= 4 is 23.2 Å². The first-order valence-electron chi connectivity index (χ1n) is 8.55. The van der Waals surface area contributed by atoms with Crippen molar-refractivity contribution in [1.29, 1.82) is 0 Å². The number of aryl methyl sites for hydroxylation is 2. The molecule has 2 bridgehead atoms. The molecule has 1 aromatic heterocycles. The van der Waals surface area contributed by atoms with Gasteiger partial charge in [-0.2, -0.15) is 0 Å². The molecule has 2 unspecified atom stereocenters. The summed E-state index contributed by atoms with van der Waals surface area (Å²) in [5.41, 5.74) is 0.850. The summed E-state index contributed by atoms with van der Waals surface area (Å²) >= 11 is 1.50. The van der Waals surface area contributed by atoms with Crippen LogP contribution in [0, 0.1) is 25.7 Å². The summed E-state index contributed by atoms with van der Waals surface area (Å²) in [7, 11) is 0. The van der Waals surface area contributed by atoms with E-state index < -0.39 is 0 Å². The average molecular weight is 333 g/mol. The second kappa shape index (κ2) is 5.58. The maximum Gasteiger partial charge on any atom is 0.265 e. The van der Waals surface area contributed by atoms with Crippen LogP contribution in [0.2, 0.25) is 0 Å². The van der Waals surface area contributed by atoms with Crippen LogP contribution in [-0.2, 0) is 4.79 Å². The fraction of sp³-hybridized carbons (Fsp3) is 0.706. The molecule has 1 aromatic rings. The van der Waals surface area contributed by atoms with E-state index in [-0.39, 0.29) is 5.91 Å². The van der Waals surface area contributed by atoms with Gasteiger partial charge in [0.25, 0.3) is 5.91 Å². The first kappa shape index (κ1) is 15.1. The SMILES string of the molecule is Cc1nc(C)c(C(=O)N2CC3CC(C2)[C@H]2CCCC(=O)N2C3)s1. The Hall–Kier alpha value is -1.43. The molecule has 23 heavy (non-hydrogen) atoms. The smallest absolute Gasteiger partial charge is 0.265 e. The van der Waals surface area contributed by atoms with Crippen molar-refractivity contribution in [3.05, 3.63) is 15.6 Å². The number of carbonyl (C=O) groups is 2. The van der Waals surface area contributed by atoms with Crippen molar-refractivity contribution < 1.29 is 9.59 Å². The van der Waals surface area contributed by atoms with Gasteiger partial charge in [0.05, 0.1) is 10.7 Å². The van der Waals surface area contributed by atoms with Crippen LogP contribution < -0.4 is 0 Å². The largest absolute Gasteiger partial charge is 0.339 e. The van der Waals surface area contributed by atoms with Crippen molar-refractivity contribution in [2.24, 2.45) is 11.8 Å². The number of thiazole rings is 1. The van der Waals surface area contributed by atoms with E-state index in [4.69, 9.17) is 0 Å². The third kappa shape index (κ3) is 2.57. The Morgan fingerprint density at radius 1 is 1.26 bits per heavy atom. The predicted octanol–water partition coefficient (Wildman–Crippen LogP) is 2.23. The Kier molecular flexibility index (Phi) is 3.67. The molecule has 4 rings (SSSR count). The number of hydrogen-bond donors (Lipinski definition) is 0. The van der Waals surface area contributed by atoms with E-state index in [1.165, 1.54) is 17.8 Å². The second-order valence-electron chi connectivity index (χ2n) is 7.23. The summed E-state index contributed by atoms with van der Waals surface area (Å²) in [5, 5.41) is 0.951. The van der Waals surface area contributed by atoms with Crippen LogP contribution >= 0.6 is 11.3 Å². The third-order valence-electron chi connectivity index (χ3n) is 5.56. The minimum absolute atomic E-state index is 0.137. The maximum atomic E-state index is 12.9. The standard InChI is InChI=1S/C17H23N3O2S/c1-10-16(23-11(2)18-10)17(22)19-7-12-6-13(9-19)14-4-3-5-15(21)20(14)8-12/h12-14H,3-9H2,1-2H3/t12?,13?,14-/m1/s1. The minimum Gasteiger partial charge on any atom is -0.339 e. The molecule has 4 heterocycles. The van der Waals surface area contributed by atoms with E-state index in [2.05, 4.69) is 9.88 Å². The van der Waals surface area contributed by atoms with Crippen LogP contribution in [-0.4, -0.2) is 52.3 Å². The molecule has 0 aliphatic carbocycles. The molecule has 3 fully saturated rings. The Balaban J connectivity index is 1.54. The Morgan fingerprint density at radius 3 is 2.83 bits per heavy atom. The zero-order chi connectivity index (χ0) is 16.1. The van der Waals surface area contributed by atoms with Crippen molar-refractivity contribution in [1.82, 2.24) is 14.8 Å². The van der Waals surface area contributed by atoms with Gasteiger partial charge in [-0.25, -0.2) is 4.98 Å². The van der Waals surface area contributed by atoms with Crippen molar-refractivity contribution in [3.63, 3.8) is 0 Å². The number of hydrogen-bond acceptors (Lipinski definition) is 4. The fourth-order valence-corrected chi connectivity index (χ4v) is 5.54. The topological polar surface area (TPSA) is 53.5 Å². The highest BCUT2D eigenvalue weighted by atomic mass is 32.1. The number of nitrogens with zero attached hydrogens (tertiary/aromatic N) is 3. The fourth-order valence-electron chi connectivity index (χ4n) is 4.65. The molecule has 5 nitrogen and oxygen atoms in total. The lowest BCUT2D eigenvalue weighted by Crippen LogP contribution is -2.61. The summed E-state index contributed by atoms with van der Waals surface area (Å²) < 4.78 is 0. The molecule has 0 saturated carbocycles. The molecule has 0 aromatic carbocycles. The number of fused-ring (bicyclic) bond motifs is 4. The van der Waals surface area contributed by atoms with Gasteiger partial charge in [-0.15, -0.1) is 11.3 Å². The zero-order valence-electron chi connectivity index (χ0n) is 13.7. The normalized spacial score (nSPS) is 30.3. The highest BCUT2D eigenvalue weighted by Crippen LogP contribution is 2.38. The van der Waals surface area contributed by atoms with Gasteiger partial charge < -0.3 is 9.80 Å². The van der Waals surface area contributed by atoms with Crippen LogP contribution in [0.1, 0.15) is 46.1 Å². The molecule has 6 heteroatoms. The molecule has 2 amide bonds. The number of rotatable bonds is 1. The van der Waals surface area contributed by atoms with E-state index in [0.717, 1.165) is 48.1 Å². The monoisotopic (exact) mass is 333 g/mol. The van der Waals surface area contributed by atoms with Gasteiger partial charge in [0, 0.05) is 32.1 Å². The molecule has 0 spiro atoms. The Bertz CT molecular complexity index is 656. The van der Waals surface area contributed by atoms with Gasteiger partial charge in [-0.3, -0.25) is 9.59 Å². The average Bonchev–Trinajstić information content (AvgIpc) is 2.86. The van der Waals surface area contributed by atoms with Gasteiger partial charge >= 0.3 is 0 Å². The van der Waals surface area contributed by atoms with E-state index in [1.807, 2.05) is 18.7 Å². The molecule has 3 atom stereocenters. The van der Waals surface area contributed by atoms with Crippen molar-refractivity contribution in [3.8, 4) is 0 Å². The van der Waals surface area contributed by atoms with Crippen LogP contribution in [0.3, 0.4) is 0 Å². The highest BCUT2D eigenvalue weighted by Gasteiger charge is 2.45. The molecule has 124 valence electrons. The molecule has 0 N–H and O–H groups in total. The van der Waals surface area contributed by atoms with E-state index in [1.54, 1.807) is 0 Å². The van der Waals surface area contributed by atoms with Crippen LogP contribution in [0.25, 0.3) is 0 Å². The lowest BCUT2D eigenvalue weighted by molar-refractivity contribution is -0.144. The summed E-state index contributed by atoms with van der Waals surface area (Å²) in [5.74, 6) is 1.35. The number of amides is 2. The van der Waals surface area contributed by atoms with Gasteiger partial charge in [0.2, 0.25) is 5.91 Å². The Morgan fingerprint density at radius 2 is 2.09 bits per heavy atom. The summed E-state index contributed by atoms with van der Waals surface area (Å²) in [6, 6.07) is 0.354. The van der Waals surface area contributed by atoms with Crippen molar-refractivity contribution in [2.45, 2.75) is 45.6 Å². The van der Waals surface area contributed by atoms with Crippen LogP contribution in [0.4, 0.5) is 0 Å². The molecule has 0 radical (unpaired) electrons. The number of aromatic nitrogens is 1. The summed E-state index contributed by atoms with van der Waals surface area (Å²) in [6.07, 6.45) is 3.98. The Labute approximate surface area is 140 Å². The number of likely N-dealkylation sites (tertiary alicyclic amines) is 1. The van der Waals surface area contributed by atoms with Crippen molar-refractivity contribution in [2.75, 3.05) is 19.6 Å².